The molecule has 2 amide bonds. The first-order valence-corrected chi connectivity index (χ1v) is 14.5. The van der Waals surface area contributed by atoms with E-state index in [1.807, 2.05) is 60.0 Å². The summed E-state index contributed by atoms with van der Waals surface area (Å²) in [5, 5.41) is 14.5. The molecule has 2 N–H and O–H groups in total. The second-order valence-electron chi connectivity index (χ2n) is 9.97. The van der Waals surface area contributed by atoms with Gasteiger partial charge in [-0.2, -0.15) is 0 Å². The number of rotatable bonds is 10. The Labute approximate surface area is 238 Å². The maximum absolute atomic E-state index is 13.9. The van der Waals surface area contributed by atoms with Gasteiger partial charge in [0.15, 0.2) is 0 Å². The van der Waals surface area contributed by atoms with Gasteiger partial charge in [0, 0.05) is 29.1 Å². The topological polar surface area (TPSA) is 86.7 Å². The molecule has 0 bridgehead atoms. The Morgan fingerprint density at radius 1 is 0.850 bits per heavy atom. The third-order valence-corrected chi connectivity index (χ3v) is 8.32. The first-order chi connectivity index (χ1) is 19.5. The molecule has 0 spiro atoms. The normalized spacial score (nSPS) is 14.2. The van der Waals surface area contributed by atoms with Crippen LogP contribution in [0.4, 0.5) is 0 Å². The van der Waals surface area contributed by atoms with Crippen molar-refractivity contribution in [1.29, 1.82) is 0 Å². The Kier molecular flexibility index (Phi) is 8.71. The highest BCUT2D eigenvalue weighted by Gasteiger charge is 2.25. The summed E-state index contributed by atoms with van der Waals surface area (Å²) in [5.41, 5.74) is 4.70. The van der Waals surface area contributed by atoms with Crippen LogP contribution in [0.25, 0.3) is 11.1 Å². The molecule has 1 heterocycles. The molecule has 6 nitrogen and oxygen atoms in total. The highest BCUT2D eigenvalue weighted by molar-refractivity contribution is 7.09. The number of fused-ring (bicyclic) bond motifs is 1. The van der Waals surface area contributed by atoms with Crippen LogP contribution < -0.4 is 5.32 Å². The molecule has 0 saturated heterocycles. The monoisotopic (exact) mass is 552 g/mol. The molecule has 1 aliphatic carbocycles. The minimum atomic E-state index is -0.950. The van der Waals surface area contributed by atoms with E-state index in [9.17, 15) is 19.5 Å². The lowest BCUT2D eigenvalue weighted by molar-refractivity contribution is -0.137. The standard InChI is InChI=1S/C33H32N2O4S/c36-31(37)19-21-35(20-18-24-11-8-22-40-24)33(39)29-16-6-4-14-27(29)26-13-3-5-15-28(26)32(38)34-30-17-7-10-23-9-1-2-12-25(23)30/h1-6,8-9,11-16,22,30H,7,10,17-21H2,(H,34,38)(H,36,37). The van der Waals surface area contributed by atoms with Gasteiger partial charge in [-0.1, -0.05) is 66.7 Å². The lowest BCUT2D eigenvalue weighted by Gasteiger charge is -2.27. The van der Waals surface area contributed by atoms with Gasteiger partial charge in [-0.05, 0) is 71.5 Å². The van der Waals surface area contributed by atoms with E-state index in [-0.39, 0.29) is 30.8 Å². The van der Waals surface area contributed by atoms with E-state index in [1.54, 1.807) is 34.4 Å². The Bertz CT molecular complexity index is 1500. The van der Waals surface area contributed by atoms with Crippen molar-refractivity contribution in [2.45, 2.75) is 38.1 Å². The second-order valence-corrected chi connectivity index (χ2v) is 11.0. The molecule has 1 unspecified atom stereocenters. The van der Waals surface area contributed by atoms with Gasteiger partial charge in [0.2, 0.25) is 0 Å². The highest BCUT2D eigenvalue weighted by Crippen LogP contribution is 2.32. The fraction of sp³-hybridized carbons (Fsp3) is 0.242. The largest absolute Gasteiger partial charge is 0.481 e. The van der Waals surface area contributed by atoms with Crippen LogP contribution in [0.5, 0.6) is 0 Å². The van der Waals surface area contributed by atoms with Crippen LogP contribution >= 0.6 is 11.3 Å². The number of nitrogens with zero attached hydrogens (tertiary/aromatic N) is 1. The van der Waals surface area contributed by atoms with E-state index in [1.165, 1.54) is 5.56 Å². The summed E-state index contributed by atoms with van der Waals surface area (Å²) in [6, 6.07) is 26.8. The lowest BCUT2D eigenvalue weighted by Crippen LogP contribution is -2.35. The number of aryl methyl sites for hydroxylation is 1. The van der Waals surface area contributed by atoms with Gasteiger partial charge < -0.3 is 15.3 Å². The Balaban J connectivity index is 1.43. The highest BCUT2D eigenvalue weighted by atomic mass is 32.1. The SMILES string of the molecule is O=C(O)CCN(CCc1cccs1)C(=O)c1ccccc1-c1ccccc1C(=O)NC1CCCc2ccccc21. The number of benzene rings is 3. The molecule has 0 radical (unpaired) electrons. The summed E-state index contributed by atoms with van der Waals surface area (Å²) in [5.74, 6) is -1.38. The molecule has 5 rings (SSSR count). The van der Waals surface area contributed by atoms with E-state index < -0.39 is 5.97 Å². The van der Waals surface area contributed by atoms with E-state index in [4.69, 9.17) is 0 Å². The molecule has 1 atom stereocenters. The number of carboxylic acid groups (broad SMARTS) is 1. The van der Waals surface area contributed by atoms with Crippen LogP contribution in [0, 0.1) is 0 Å². The summed E-state index contributed by atoms with van der Waals surface area (Å²) in [6.07, 6.45) is 3.41. The zero-order valence-electron chi connectivity index (χ0n) is 22.2. The first kappa shape index (κ1) is 27.3. The molecule has 0 aliphatic heterocycles. The van der Waals surface area contributed by atoms with Crippen molar-refractivity contribution in [2.75, 3.05) is 13.1 Å². The second kappa shape index (κ2) is 12.7. The van der Waals surface area contributed by atoms with Crippen molar-refractivity contribution < 1.29 is 19.5 Å². The van der Waals surface area contributed by atoms with Gasteiger partial charge in [0.05, 0.1) is 12.5 Å². The van der Waals surface area contributed by atoms with Crippen LogP contribution in [-0.4, -0.2) is 40.9 Å². The van der Waals surface area contributed by atoms with Gasteiger partial charge in [0.1, 0.15) is 0 Å². The molecular weight excluding hydrogens is 520 g/mol. The van der Waals surface area contributed by atoms with Crippen molar-refractivity contribution in [3.63, 3.8) is 0 Å². The zero-order chi connectivity index (χ0) is 27.9. The Morgan fingerprint density at radius 3 is 2.30 bits per heavy atom. The van der Waals surface area contributed by atoms with Crippen LogP contribution in [0.1, 0.15) is 62.0 Å². The van der Waals surface area contributed by atoms with E-state index in [0.717, 1.165) is 29.7 Å². The van der Waals surface area contributed by atoms with Gasteiger partial charge >= 0.3 is 5.97 Å². The fourth-order valence-electron chi connectivity index (χ4n) is 5.38. The Hall–Kier alpha value is -4.23. The van der Waals surface area contributed by atoms with Gasteiger partial charge in [0.25, 0.3) is 11.8 Å². The van der Waals surface area contributed by atoms with Crippen LogP contribution in [0.2, 0.25) is 0 Å². The average molecular weight is 553 g/mol. The summed E-state index contributed by atoms with van der Waals surface area (Å²) in [7, 11) is 0. The van der Waals surface area contributed by atoms with Crippen molar-refractivity contribution in [3.8, 4) is 11.1 Å². The first-order valence-electron chi connectivity index (χ1n) is 13.6. The summed E-state index contributed by atoms with van der Waals surface area (Å²) in [4.78, 5) is 41.7. The third kappa shape index (κ3) is 6.32. The number of carbonyl (C=O) groups is 3. The zero-order valence-corrected chi connectivity index (χ0v) is 23.0. The van der Waals surface area contributed by atoms with Crippen LogP contribution in [0.15, 0.2) is 90.3 Å². The van der Waals surface area contributed by atoms with Crippen LogP contribution in [-0.2, 0) is 17.6 Å². The minimum Gasteiger partial charge on any atom is -0.481 e. The summed E-state index contributed by atoms with van der Waals surface area (Å²) >= 11 is 1.61. The molecule has 1 aliphatic rings. The quantitative estimate of drug-likeness (QED) is 0.239. The molecule has 7 heteroatoms. The number of carboxylic acids is 1. The molecular formula is C33H32N2O4S. The van der Waals surface area contributed by atoms with Crippen molar-refractivity contribution in [1.82, 2.24) is 10.2 Å². The molecule has 40 heavy (non-hydrogen) atoms. The lowest BCUT2D eigenvalue weighted by atomic mass is 9.87. The van der Waals surface area contributed by atoms with Gasteiger partial charge in [-0.3, -0.25) is 14.4 Å². The average Bonchev–Trinajstić information content (AvgIpc) is 3.51. The Morgan fingerprint density at radius 2 is 1.55 bits per heavy atom. The maximum atomic E-state index is 13.9. The summed E-state index contributed by atoms with van der Waals surface area (Å²) < 4.78 is 0. The number of hydrogen-bond acceptors (Lipinski definition) is 4. The molecule has 0 saturated carbocycles. The minimum absolute atomic E-state index is 0.0638. The molecule has 3 aromatic carbocycles. The molecule has 1 aromatic heterocycles. The number of nitrogens with one attached hydrogen (secondary N) is 1. The van der Waals surface area contributed by atoms with E-state index in [2.05, 4.69) is 17.4 Å². The number of aliphatic carboxylic acids is 1. The third-order valence-electron chi connectivity index (χ3n) is 7.39. The smallest absolute Gasteiger partial charge is 0.305 e. The predicted octanol–water partition coefficient (Wildman–Crippen LogP) is 6.38. The molecule has 0 fully saturated rings. The fourth-order valence-corrected chi connectivity index (χ4v) is 6.07. The van der Waals surface area contributed by atoms with Crippen molar-refractivity contribution in [2.24, 2.45) is 0 Å². The molecule has 4 aromatic rings. The van der Waals surface area contributed by atoms with Crippen molar-refractivity contribution >= 4 is 29.1 Å². The maximum Gasteiger partial charge on any atom is 0.305 e. The van der Waals surface area contributed by atoms with E-state index in [0.29, 0.717) is 35.2 Å². The van der Waals surface area contributed by atoms with Gasteiger partial charge in [-0.15, -0.1) is 11.3 Å². The molecule has 204 valence electrons. The number of thiophene rings is 1. The van der Waals surface area contributed by atoms with Crippen molar-refractivity contribution in [3.05, 3.63) is 117 Å². The number of hydrogen-bond donors (Lipinski definition) is 2. The number of carbonyl (C=O) groups excluding carboxylic acids is 2. The number of amides is 2. The predicted molar refractivity (Wildman–Crippen MR) is 158 cm³/mol. The van der Waals surface area contributed by atoms with E-state index >= 15 is 0 Å². The summed E-state index contributed by atoms with van der Waals surface area (Å²) in [6.45, 7) is 0.515. The van der Waals surface area contributed by atoms with Crippen LogP contribution in [0.3, 0.4) is 0 Å². The van der Waals surface area contributed by atoms with Gasteiger partial charge in [-0.25, -0.2) is 0 Å².